The lowest BCUT2D eigenvalue weighted by atomic mass is 10.1. The van der Waals surface area contributed by atoms with Gasteiger partial charge in [0.2, 0.25) is 0 Å². The number of carbonyl (C=O) groups is 1. The monoisotopic (exact) mass is 229 g/mol. The Labute approximate surface area is 99.4 Å². The van der Waals surface area contributed by atoms with Gasteiger partial charge in [-0.05, 0) is 24.0 Å². The van der Waals surface area contributed by atoms with Gasteiger partial charge in [0.05, 0.1) is 11.7 Å². The predicted molar refractivity (Wildman–Crippen MR) is 65.7 cm³/mol. The Balaban J connectivity index is 1.81. The number of aromatic amines is 1. The lowest BCUT2D eigenvalue weighted by molar-refractivity contribution is 0.0946. The summed E-state index contributed by atoms with van der Waals surface area (Å²) in [4.78, 5) is 12.0. The normalized spacial score (nSPS) is 21.4. The van der Waals surface area contributed by atoms with Crippen LogP contribution < -0.4 is 5.32 Å². The molecule has 0 radical (unpaired) electrons. The minimum absolute atomic E-state index is 0.00271. The van der Waals surface area contributed by atoms with Crippen molar-refractivity contribution in [2.45, 2.75) is 26.3 Å². The largest absolute Gasteiger partial charge is 0.349 e. The summed E-state index contributed by atoms with van der Waals surface area (Å²) < 4.78 is 0. The number of hydrogen-bond acceptors (Lipinski definition) is 2. The number of amides is 1. The molecule has 0 saturated heterocycles. The van der Waals surface area contributed by atoms with Gasteiger partial charge in [-0.25, -0.2) is 0 Å². The van der Waals surface area contributed by atoms with Crippen LogP contribution in [0.1, 0.15) is 30.6 Å². The van der Waals surface area contributed by atoms with Gasteiger partial charge in [0, 0.05) is 17.0 Å². The first-order chi connectivity index (χ1) is 8.06. The quantitative estimate of drug-likeness (QED) is 0.828. The molecule has 88 valence electrons. The van der Waals surface area contributed by atoms with Gasteiger partial charge in [0.1, 0.15) is 0 Å². The lowest BCUT2D eigenvalue weighted by Crippen LogP contribution is -2.28. The van der Waals surface area contributed by atoms with Gasteiger partial charge in [-0.2, -0.15) is 5.10 Å². The molecule has 1 aliphatic carbocycles. The van der Waals surface area contributed by atoms with E-state index in [-0.39, 0.29) is 11.3 Å². The molecule has 2 aromatic rings. The molecule has 3 rings (SSSR count). The van der Waals surface area contributed by atoms with E-state index in [2.05, 4.69) is 29.4 Å². The molecule has 0 bridgehead atoms. The van der Waals surface area contributed by atoms with Gasteiger partial charge >= 0.3 is 0 Å². The second-order valence-corrected chi connectivity index (χ2v) is 5.39. The first-order valence-corrected chi connectivity index (χ1v) is 5.80. The van der Waals surface area contributed by atoms with Crippen molar-refractivity contribution in [2.24, 2.45) is 5.41 Å². The van der Waals surface area contributed by atoms with Gasteiger partial charge in [-0.15, -0.1) is 0 Å². The van der Waals surface area contributed by atoms with E-state index in [9.17, 15) is 4.79 Å². The van der Waals surface area contributed by atoms with E-state index in [0.29, 0.717) is 11.6 Å². The van der Waals surface area contributed by atoms with Crippen molar-refractivity contribution in [3.8, 4) is 0 Å². The number of nitrogens with one attached hydrogen (secondary N) is 2. The number of nitrogens with zero attached hydrogens (tertiary/aromatic N) is 1. The molecule has 1 fully saturated rings. The van der Waals surface area contributed by atoms with E-state index in [1.54, 1.807) is 6.20 Å². The van der Waals surface area contributed by atoms with Crippen molar-refractivity contribution in [1.29, 1.82) is 0 Å². The summed E-state index contributed by atoms with van der Waals surface area (Å²) in [6.07, 6.45) is 2.81. The average molecular weight is 229 g/mol. The summed E-state index contributed by atoms with van der Waals surface area (Å²) in [6.45, 7) is 4.33. The maximum absolute atomic E-state index is 12.0. The maximum atomic E-state index is 12.0. The molecule has 4 heteroatoms. The van der Waals surface area contributed by atoms with Crippen LogP contribution >= 0.6 is 0 Å². The third kappa shape index (κ3) is 1.79. The SMILES string of the molecule is CC1(C)CC1NC(=O)c1ccc2cn[nH]c2c1. The zero-order valence-corrected chi connectivity index (χ0v) is 9.95. The zero-order valence-electron chi connectivity index (χ0n) is 9.95. The Morgan fingerprint density at radius 1 is 1.53 bits per heavy atom. The Kier molecular flexibility index (Phi) is 2.02. The van der Waals surface area contributed by atoms with Crippen LogP contribution in [-0.2, 0) is 0 Å². The summed E-state index contributed by atoms with van der Waals surface area (Å²) >= 11 is 0. The lowest BCUT2D eigenvalue weighted by Gasteiger charge is -2.06. The highest BCUT2D eigenvalue weighted by Gasteiger charge is 2.46. The fraction of sp³-hybridized carbons (Fsp3) is 0.385. The van der Waals surface area contributed by atoms with Crippen molar-refractivity contribution >= 4 is 16.8 Å². The molecular weight excluding hydrogens is 214 g/mol. The van der Waals surface area contributed by atoms with Gasteiger partial charge < -0.3 is 5.32 Å². The molecule has 1 unspecified atom stereocenters. The average Bonchev–Trinajstić information content (AvgIpc) is 2.74. The molecule has 4 nitrogen and oxygen atoms in total. The fourth-order valence-corrected chi connectivity index (χ4v) is 2.03. The van der Waals surface area contributed by atoms with Gasteiger partial charge in [0.25, 0.3) is 5.91 Å². The number of hydrogen-bond donors (Lipinski definition) is 2. The van der Waals surface area contributed by atoms with Crippen molar-refractivity contribution in [1.82, 2.24) is 15.5 Å². The number of carbonyl (C=O) groups excluding carboxylic acids is 1. The number of aromatic nitrogens is 2. The Morgan fingerprint density at radius 2 is 2.29 bits per heavy atom. The maximum Gasteiger partial charge on any atom is 0.251 e. The summed E-state index contributed by atoms with van der Waals surface area (Å²) in [5, 5.41) is 10.9. The first-order valence-electron chi connectivity index (χ1n) is 5.80. The summed E-state index contributed by atoms with van der Waals surface area (Å²) in [5.74, 6) is -0.00271. The van der Waals surface area contributed by atoms with Crippen LogP contribution in [0.15, 0.2) is 24.4 Å². The summed E-state index contributed by atoms with van der Waals surface area (Å²) in [5.41, 5.74) is 1.84. The van der Waals surface area contributed by atoms with Crippen molar-refractivity contribution in [2.75, 3.05) is 0 Å². The van der Waals surface area contributed by atoms with Crippen molar-refractivity contribution < 1.29 is 4.79 Å². The van der Waals surface area contributed by atoms with Crippen molar-refractivity contribution in [3.63, 3.8) is 0 Å². The summed E-state index contributed by atoms with van der Waals surface area (Å²) in [6, 6.07) is 5.90. The molecule has 17 heavy (non-hydrogen) atoms. The van der Waals surface area contributed by atoms with Gasteiger partial charge in [0.15, 0.2) is 0 Å². The Bertz CT molecular complexity index is 585. The Morgan fingerprint density at radius 3 is 3.00 bits per heavy atom. The second kappa shape index (κ2) is 3.32. The van der Waals surface area contributed by atoms with E-state index in [0.717, 1.165) is 17.3 Å². The molecule has 1 saturated carbocycles. The molecule has 1 aromatic heterocycles. The van der Waals surface area contributed by atoms with E-state index < -0.39 is 0 Å². The van der Waals surface area contributed by atoms with Crippen LogP contribution in [0.25, 0.3) is 10.9 Å². The first kappa shape index (κ1) is 10.3. The molecule has 1 aromatic carbocycles. The standard InChI is InChI=1S/C13H15N3O/c1-13(2)6-11(13)15-12(17)8-3-4-9-7-14-16-10(9)5-8/h3-5,7,11H,6H2,1-2H3,(H,14,16)(H,15,17). The third-order valence-electron chi connectivity index (χ3n) is 3.52. The van der Waals surface area contributed by atoms with Crippen LogP contribution in [0.4, 0.5) is 0 Å². The van der Waals surface area contributed by atoms with Crippen LogP contribution in [0.3, 0.4) is 0 Å². The minimum Gasteiger partial charge on any atom is -0.349 e. The highest BCUT2D eigenvalue weighted by Crippen LogP contribution is 2.44. The van der Waals surface area contributed by atoms with E-state index in [1.165, 1.54) is 0 Å². The number of benzene rings is 1. The smallest absolute Gasteiger partial charge is 0.251 e. The molecular formula is C13H15N3O. The molecule has 0 aliphatic heterocycles. The predicted octanol–water partition coefficient (Wildman–Crippen LogP) is 2.09. The molecule has 2 N–H and O–H groups in total. The highest BCUT2D eigenvalue weighted by atomic mass is 16.1. The van der Waals surface area contributed by atoms with E-state index in [4.69, 9.17) is 0 Å². The zero-order chi connectivity index (χ0) is 12.0. The topological polar surface area (TPSA) is 57.8 Å². The Hall–Kier alpha value is -1.84. The highest BCUT2D eigenvalue weighted by molar-refractivity contribution is 5.98. The number of rotatable bonds is 2. The van der Waals surface area contributed by atoms with Gasteiger partial charge in [-0.3, -0.25) is 9.89 Å². The number of H-pyrrole nitrogens is 1. The van der Waals surface area contributed by atoms with Crippen LogP contribution in [0, 0.1) is 5.41 Å². The van der Waals surface area contributed by atoms with Crippen LogP contribution in [0.2, 0.25) is 0 Å². The molecule has 1 atom stereocenters. The van der Waals surface area contributed by atoms with Gasteiger partial charge in [-0.1, -0.05) is 19.9 Å². The molecule has 1 amide bonds. The van der Waals surface area contributed by atoms with E-state index in [1.807, 2.05) is 18.2 Å². The fourth-order valence-electron chi connectivity index (χ4n) is 2.03. The van der Waals surface area contributed by atoms with E-state index >= 15 is 0 Å². The molecule has 1 aliphatic rings. The van der Waals surface area contributed by atoms with Crippen molar-refractivity contribution in [3.05, 3.63) is 30.0 Å². The molecule has 0 spiro atoms. The third-order valence-corrected chi connectivity index (χ3v) is 3.52. The second-order valence-electron chi connectivity index (χ2n) is 5.39. The van der Waals surface area contributed by atoms with Crippen LogP contribution in [-0.4, -0.2) is 22.1 Å². The summed E-state index contributed by atoms with van der Waals surface area (Å²) in [7, 11) is 0. The van der Waals surface area contributed by atoms with Crippen LogP contribution in [0.5, 0.6) is 0 Å². The minimum atomic E-state index is -0.00271. The molecule has 1 heterocycles. The number of fused-ring (bicyclic) bond motifs is 1.